The Bertz CT molecular complexity index is 1570. The van der Waals surface area contributed by atoms with Crippen molar-refractivity contribution in [1.82, 2.24) is 19.7 Å². The number of benzene rings is 2. The van der Waals surface area contributed by atoms with Crippen molar-refractivity contribution in [2.24, 2.45) is 7.05 Å². The fourth-order valence-corrected chi connectivity index (χ4v) is 5.58. The summed E-state index contributed by atoms with van der Waals surface area (Å²) >= 11 is 0. The lowest BCUT2D eigenvalue weighted by Crippen LogP contribution is -2.57. The van der Waals surface area contributed by atoms with Crippen LogP contribution in [-0.4, -0.2) is 69.7 Å². The van der Waals surface area contributed by atoms with E-state index in [4.69, 9.17) is 14.2 Å². The van der Waals surface area contributed by atoms with Gasteiger partial charge in [0, 0.05) is 30.1 Å². The highest BCUT2D eigenvalue weighted by molar-refractivity contribution is 6.10. The van der Waals surface area contributed by atoms with Crippen molar-refractivity contribution in [2.75, 3.05) is 31.2 Å². The molecule has 2 aromatic carbocycles. The third-order valence-electron chi connectivity index (χ3n) is 7.95. The maximum atomic E-state index is 14.2. The topological polar surface area (TPSA) is 99.0 Å². The number of aromatic nitrogens is 3. The van der Waals surface area contributed by atoms with E-state index in [1.807, 2.05) is 23.7 Å². The van der Waals surface area contributed by atoms with Gasteiger partial charge < -0.3 is 28.6 Å². The summed E-state index contributed by atoms with van der Waals surface area (Å²) in [6, 6.07) is 9.58. The molecule has 0 radical (unpaired) electrons. The summed E-state index contributed by atoms with van der Waals surface area (Å²) in [5, 5.41) is 8.15. The van der Waals surface area contributed by atoms with Gasteiger partial charge in [0.1, 0.15) is 29.6 Å². The van der Waals surface area contributed by atoms with Crippen LogP contribution >= 0.6 is 0 Å². The third kappa shape index (κ3) is 5.53. The first-order valence-corrected chi connectivity index (χ1v) is 13.9. The molecule has 10 nitrogen and oxygen atoms in total. The van der Waals surface area contributed by atoms with Crippen LogP contribution in [0.2, 0.25) is 0 Å². The molecule has 2 saturated heterocycles. The average Bonchev–Trinajstić information content (AvgIpc) is 3.43. The molecule has 228 valence electrons. The lowest BCUT2D eigenvalue weighted by molar-refractivity contribution is -0.138. The first-order chi connectivity index (χ1) is 20.2. The highest BCUT2D eigenvalue weighted by Crippen LogP contribution is 2.43. The van der Waals surface area contributed by atoms with Gasteiger partial charge in [-0.05, 0) is 56.2 Å². The zero-order valence-corrected chi connectivity index (χ0v) is 24.3. The Balaban J connectivity index is 1.23. The van der Waals surface area contributed by atoms with Crippen molar-refractivity contribution in [3.05, 3.63) is 70.8 Å². The van der Waals surface area contributed by atoms with Crippen molar-refractivity contribution in [2.45, 2.75) is 57.0 Å². The smallest absolute Gasteiger partial charge is 0.416 e. The fourth-order valence-electron chi connectivity index (χ4n) is 5.58. The summed E-state index contributed by atoms with van der Waals surface area (Å²) in [6.07, 6.45) is -3.56. The highest BCUT2D eigenvalue weighted by atomic mass is 19.4. The number of alkyl halides is 3. The molecule has 0 spiro atoms. The monoisotopic (exact) mass is 599 g/mol. The number of carbonyl (C=O) groups excluding carboxylic acids is 2. The Hall–Kier alpha value is -4.13. The number of rotatable bonds is 6. The van der Waals surface area contributed by atoms with E-state index in [0.717, 1.165) is 17.5 Å². The van der Waals surface area contributed by atoms with E-state index in [2.05, 4.69) is 10.2 Å². The molecule has 0 aliphatic carbocycles. The molecule has 0 saturated carbocycles. The quantitative estimate of drug-likeness (QED) is 0.412. The van der Waals surface area contributed by atoms with Crippen LogP contribution in [0.1, 0.15) is 53.6 Å². The standard InChI is InChI=1S/C30H32F3N5O5/c1-28(2,3)43-27(40)37-12-21(13-37)42-20-9-22-23(24(10-20)30(31,32)33)14-38(26(22)39)19-7-5-6-18(8-19)29(15-41-16-29)11-25-35-34-17-36(25)4/h5-10,17,21H,11-16H2,1-4H3. The molecule has 3 aliphatic rings. The van der Waals surface area contributed by atoms with Gasteiger partial charge in [0.15, 0.2) is 0 Å². The molecular weight excluding hydrogens is 567 g/mol. The second kappa shape index (κ2) is 10.2. The molecule has 0 bridgehead atoms. The maximum Gasteiger partial charge on any atom is 0.416 e. The molecule has 0 atom stereocenters. The molecule has 0 unspecified atom stereocenters. The van der Waals surface area contributed by atoms with Gasteiger partial charge in [0.25, 0.3) is 5.91 Å². The summed E-state index contributed by atoms with van der Waals surface area (Å²) in [4.78, 5) is 28.6. The van der Waals surface area contributed by atoms with E-state index in [-0.39, 0.29) is 41.9 Å². The van der Waals surface area contributed by atoms with E-state index >= 15 is 0 Å². The highest BCUT2D eigenvalue weighted by Gasteiger charge is 2.44. The number of hydrogen-bond acceptors (Lipinski definition) is 7. The molecular formula is C30H32F3N5O5. The normalized spacial score (nSPS) is 18.3. The first kappa shape index (κ1) is 29.0. The van der Waals surface area contributed by atoms with Gasteiger partial charge in [-0.15, -0.1) is 10.2 Å². The van der Waals surface area contributed by atoms with Crippen molar-refractivity contribution in [3.8, 4) is 5.75 Å². The third-order valence-corrected chi connectivity index (χ3v) is 7.95. The minimum absolute atomic E-state index is 0.0562. The zero-order chi connectivity index (χ0) is 30.7. The van der Waals surface area contributed by atoms with Crippen LogP contribution in [0, 0.1) is 0 Å². The number of amides is 2. The summed E-state index contributed by atoms with van der Waals surface area (Å²) in [5.74, 6) is 0.166. The summed E-state index contributed by atoms with van der Waals surface area (Å²) in [6.45, 7) is 6.25. The Labute approximate surface area is 246 Å². The molecule has 43 heavy (non-hydrogen) atoms. The number of carbonyl (C=O) groups is 2. The van der Waals surface area contributed by atoms with Crippen LogP contribution in [0.15, 0.2) is 42.7 Å². The lowest BCUT2D eigenvalue weighted by Gasteiger charge is -2.42. The van der Waals surface area contributed by atoms with Gasteiger partial charge in [-0.3, -0.25) is 4.79 Å². The predicted octanol–water partition coefficient (Wildman–Crippen LogP) is 4.50. The van der Waals surface area contributed by atoms with E-state index in [1.165, 1.54) is 15.9 Å². The number of anilines is 1. The molecule has 13 heteroatoms. The fraction of sp³-hybridized carbons (Fsp3) is 0.467. The molecule has 3 aliphatic heterocycles. The van der Waals surface area contributed by atoms with Crippen LogP contribution in [0.25, 0.3) is 0 Å². The SMILES string of the molecule is Cn1cnnc1CC1(c2cccc(N3Cc4c(cc(OC5CN(C(=O)OC(C)(C)C)C5)cc4C(F)(F)F)C3=O)c2)COC1. The van der Waals surface area contributed by atoms with Crippen molar-refractivity contribution >= 4 is 17.7 Å². The van der Waals surface area contributed by atoms with Gasteiger partial charge in [0.2, 0.25) is 0 Å². The van der Waals surface area contributed by atoms with E-state index in [0.29, 0.717) is 25.3 Å². The number of ether oxygens (including phenoxy) is 3. The van der Waals surface area contributed by atoms with E-state index in [1.54, 1.807) is 39.2 Å². The van der Waals surface area contributed by atoms with Gasteiger partial charge in [-0.25, -0.2) is 4.79 Å². The largest absolute Gasteiger partial charge is 0.487 e. The summed E-state index contributed by atoms with van der Waals surface area (Å²) in [7, 11) is 1.86. The summed E-state index contributed by atoms with van der Waals surface area (Å²) in [5.41, 5.74) is -0.728. The second-order valence-electron chi connectivity index (χ2n) is 12.4. The first-order valence-electron chi connectivity index (χ1n) is 13.9. The Morgan fingerprint density at radius 2 is 1.88 bits per heavy atom. The van der Waals surface area contributed by atoms with Crippen molar-refractivity contribution in [3.63, 3.8) is 0 Å². The second-order valence-corrected chi connectivity index (χ2v) is 12.4. The summed E-state index contributed by atoms with van der Waals surface area (Å²) < 4.78 is 61.3. The van der Waals surface area contributed by atoms with E-state index < -0.39 is 35.4 Å². The number of nitrogens with zero attached hydrogens (tertiary/aromatic N) is 5. The maximum absolute atomic E-state index is 14.2. The predicted molar refractivity (Wildman–Crippen MR) is 148 cm³/mol. The molecule has 3 aromatic rings. The van der Waals surface area contributed by atoms with Crippen LogP contribution in [0.4, 0.5) is 23.7 Å². The number of fused-ring (bicyclic) bond motifs is 1. The molecule has 4 heterocycles. The van der Waals surface area contributed by atoms with Gasteiger partial charge in [-0.1, -0.05) is 12.1 Å². The van der Waals surface area contributed by atoms with Crippen molar-refractivity contribution < 1.29 is 37.0 Å². The molecule has 2 fully saturated rings. The number of aryl methyl sites for hydroxylation is 1. The van der Waals surface area contributed by atoms with Crippen LogP contribution in [0.5, 0.6) is 5.75 Å². The Morgan fingerprint density at radius 3 is 2.49 bits per heavy atom. The van der Waals surface area contributed by atoms with Crippen LogP contribution < -0.4 is 9.64 Å². The molecule has 2 amide bonds. The average molecular weight is 600 g/mol. The minimum Gasteiger partial charge on any atom is -0.487 e. The van der Waals surface area contributed by atoms with Gasteiger partial charge in [-0.2, -0.15) is 13.2 Å². The van der Waals surface area contributed by atoms with Crippen molar-refractivity contribution in [1.29, 1.82) is 0 Å². The Morgan fingerprint density at radius 1 is 1.14 bits per heavy atom. The number of halogens is 3. The molecule has 6 rings (SSSR count). The van der Waals surface area contributed by atoms with Crippen LogP contribution in [0.3, 0.4) is 0 Å². The van der Waals surface area contributed by atoms with Crippen LogP contribution in [-0.2, 0) is 41.1 Å². The lowest BCUT2D eigenvalue weighted by atomic mass is 9.75. The van der Waals surface area contributed by atoms with Gasteiger partial charge >= 0.3 is 12.3 Å². The number of hydrogen-bond donors (Lipinski definition) is 0. The molecule has 0 N–H and O–H groups in total. The molecule has 1 aromatic heterocycles. The van der Waals surface area contributed by atoms with Gasteiger partial charge in [0.05, 0.1) is 38.4 Å². The van der Waals surface area contributed by atoms with E-state index in [9.17, 15) is 22.8 Å². The number of likely N-dealkylation sites (tertiary alicyclic amines) is 1. The Kier molecular flexibility index (Phi) is 6.90. The zero-order valence-electron chi connectivity index (χ0n) is 24.3. The minimum atomic E-state index is -4.70.